The zero-order valence-electron chi connectivity index (χ0n) is 12.2. The van der Waals surface area contributed by atoms with Gasteiger partial charge in [-0.25, -0.2) is 0 Å². The van der Waals surface area contributed by atoms with Crippen LogP contribution in [0.3, 0.4) is 0 Å². The Morgan fingerprint density at radius 1 is 1.14 bits per heavy atom. The van der Waals surface area contributed by atoms with Crippen molar-refractivity contribution in [3.63, 3.8) is 0 Å². The van der Waals surface area contributed by atoms with E-state index in [2.05, 4.69) is 77.3 Å². The highest BCUT2D eigenvalue weighted by molar-refractivity contribution is 14.1. The molecule has 0 spiro atoms. The zero-order chi connectivity index (χ0) is 14.7. The minimum absolute atomic E-state index is 0.623. The Balaban J connectivity index is 1.69. The number of hydrogen-bond acceptors (Lipinski definition) is 2. The molecule has 3 rings (SSSR count). The van der Waals surface area contributed by atoms with Crippen LogP contribution in [-0.2, 0) is 13.2 Å². The molecule has 21 heavy (non-hydrogen) atoms. The van der Waals surface area contributed by atoms with Gasteiger partial charge in [0.25, 0.3) is 0 Å². The lowest BCUT2D eigenvalue weighted by Crippen LogP contribution is -2.16. The number of nitrogens with one attached hydrogen (secondary N) is 1. The van der Waals surface area contributed by atoms with Crippen molar-refractivity contribution in [1.82, 2.24) is 5.32 Å². The van der Waals surface area contributed by atoms with Crippen molar-refractivity contribution in [2.75, 3.05) is 0 Å². The molecule has 0 amide bonds. The van der Waals surface area contributed by atoms with Crippen molar-refractivity contribution < 1.29 is 4.74 Å². The predicted octanol–water partition coefficient (Wildman–Crippen LogP) is 4.43. The summed E-state index contributed by atoms with van der Waals surface area (Å²) in [7, 11) is 0. The Hall–Kier alpha value is -1.07. The molecule has 0 aliphatic heterocycles. The summed E-state index contributed by atoms with van der Waals surface area (Å²) in [6.07, 6.45) is 2.62. The van der Waals surface area contributed by atoms with Crippen LogP contribution >= 0.6 is 22.6 Å². The molecule has 0 bridgehead atoms. The van der Waals surface area contributed by atoms with Gasteiger partial charge >= 0.3 is 0 Å². The summed E-state index contributed by atoms with van der Waals surface area (Å²) in [4.78, 5) is 0. The molecule has 0 saturated heterocycles. The van der Waals surface area contributed by atoms with Gasteiger partial charge in [-0.3, -0.25) is 0 Å². The van der Waals surface area contributed by atoms with E-state index < -0.39 is 0 Å². The molecule has 0 unspecified atom stereocenters. The third-order valence-electron chi connectivity index (χ3n) is 3.75. The Morgan fingerprint density at radius 2 is 1.90 bits per heavy atom. The van der Waals surface area contributed by atoms with E-state index in [4.69, 9.17) is 4.74 Å². The van der Waals surface area contributed by atoms with Gasteiger partial charge in [-0.2, -0.15) is 0 Å². The van der Waals surface area contributed by atoms with E-state index in [0.717, 1.165) is 18.3 Å². The predicted molar refractivity (Wildman–Crippen MR) is 94.5 cm³/mol. The highest BCUT2D eigenvalue weighted by Crippen LogP contribution is 2.26. The molecule has 2 nitrogen and oxygen atoms in total. The second kappa shape index (κ2) is 6.79. The lowest BCUT2D eigenvalue weighted by atomic mass is 10.1. The minimum atomic E-state index is 0.623. The molecule has 3 heteroatoms. The van der Waals surface area contributed by atoms with E-state index in [1.165, 1.54) is 33.1 Å². The van der Waals surface area contributed by atoms with Gasteiger partial charge < -0.3 is 10.1 Å². The summed E-state index contributed by atoms with van der Waals surface area (Å²) in [5.74, 6) is 1.03. The van der Waals surface area contributed by atoms with Crippen LogP contribution < -0.4 is 10.1 Å². The molecule has 0 aromatic heterocycles. The number of aryl methyl sites for hydroxylation is 1. The van der Waals surface area contributed by atoms with Gasteiger partial charge in [-0.15, -0.1) is 0 Å². The molecule has 1 fully saturated rings. The standard InChI is InChI=1S/C18H20INO/c1-13-3-2-4-15(11-20-17-9-10-17)18(13)21-12-14-5-7-16(19)8-6-14/h2-8,17,20H,9-12H2,1H3. The van der Waals surface area contributed by atoms with Gasteiger partial charge in [-0.1, -0.05) is 30.3 Å². The maximum Gasteiger partial charge on any atom is 0.127 e. The van der Waals surface area contributed by atoms with Gasteiger partial charge in [-0.05, 0) is 65.6 Å². The normalized spacial score (nSPS) is 14.2. The largest absolute Gasteiger partial charge is 0.488 e. The van der Waals surface area contributed by atoms with E-state index in [1.54, 1.807) is 0 Å². The molecule has 0 radical (unpaired) electrons. The van der Waals surface area contributed by atoms with Crippen LogP contribution in [0.4, 0.5) is 0 Å². The second-order valence-corrected chi connectivity index (χ2v) is 6.88. The Morgan fingerprint density at radius 3 is 2.62 bits per heavy atom. The summed E-state index contributed by atoms with van der Waals surface area (Å²) >= 11 is 2.32. The Kier molecular flexibility index (Phi) is 4.80. The van der Waals surface area contributed by atoms with Crippen molar-refractivity contribution >= 4 is 22.6 Å². The van der Waals surface area contributed by atoms with Crippen LogP contribution in [-0.4, -0.2) is 6.04 Å². The van der Waals surface area contributed by atoms with Crippen molar-refractivity contribution in [2.45, 2.75) is 39.0 Å². The SMILES string of the molecule is Cc1cccc(CNC2CC2)c1OCc1ccc(I)cc1. The topological polar surface area (TPSA) is 21.3 Å². The van der Waals surface area contributed by atoms with Crippen LogP contribution in [0, 0.1) is 10.5 Å². The van der Waals surface area contributed by atoms with Crippen LogP contribution in [0.25, 0.3) is 0 Å². The minimum Gasteiger partial charge on any atom is -0.488 e. The van der Waals surface area contributed by atoms with Crippen molar-refractivity contribution in [3.8, 4) is 5.75 Å². The molecule has 2 aromatic rings. The lowest BCUT2D eigenvalue weighted by molar-refractivity contribution is 0.300. The van der Waals surface area contributed by atoms with E-state index >= 15 is 0 Å². The van der Waals surface area contributed by atoms with Crippen molar-refractivity contribution in [2.24, 2.45) is 0 Å². The highest BCUT2D eigenvalue weighted by Gasteiger charge is 2.20. The molecule has 2 aromatic carbocycles. The van der Waals surface area contributed by atoms with Gasteiger partial charge in [0.2, 0.25) is 0 Å². The Bertz CT molecular complexity index is 605. The second-order valence-electron chi connectivity index (χ2n) is 5.63. The first-order valence-electron chi connectivity index (χ1n) is 7.41. The van der Waals surface area contributed by atoms with Gasteiger partial charge in [0.15, 0.2) is 0 Å². The summed E-state index contributed by atoms with van der Waals surface area (Å²) in [5, 5.41) is 3.57. The fourth-order valence-corrected chi connectivity index (χ4v) is 2.70. The molecule has 1 aliphatic rings. The molecule has 0 heterocycles. The number of benzene rings is 2. The fourth-order valence-electron chi connectivity index (χ4n) is 2.34. The molecule has 1 N–H and O–H groups in total. The number of rotatable bonds is 6. The molecular formula is C18H20INO. The van der Waals surface area contributed by atoms with Crippen LogP contribution in [0.1, 0.15) is 29.5 Å². The fraction of sp³-hybridized carbons (Fsp3) is 0.333. The number of para-hydroxylation sites is 1. The maximum atomic E-state index is 6.10. The number of ether oxygens (including phenoxy) is 1. The van der Waals surface area contributed by atoms with Gasteiger partial charge in [0.05, 0.1) is 0 Å². The molecular weight excluding hydrogens is 373 g/mol. The van der Waals surface area contributed by atoms with Crippen LogP contribution in [0.5, 0.6) is 5.75 Å². The molecule has 110 valence electrons. The van der Waals surface area contributed by atoms with Gasteiger partial charge in [0, 0.05) is 21.7 Å². The van der Waals surface area contributed by atoms with E-state index in [-0.39, 0.29) is 0 Å². The first kappa shape index (κ1) is 14.9. The van der Waals surface area contributed by atoms with E-state index in [9.17, 15) is 0 Å². The summed E-state index contributed by atoms with van der Waals surface area (Å²) in [6.45, 7) is 3.64. The summed E-state index contributed by atoms with van der Waals surface area (Å²) in [5.41, 5.74) is 3.67. The number of hydrogen-bond donors (Lipinski definition) is 1. The van der Waals surface area contributed by atoms with Crippen molar-refractivity contribution in [3.05, 3.63) is 62.7 Å². The average Bonchev–Trinajstić information content (AvgIpc) is 3.30. The maximum absolute atomic E-state index is 6.10. The molecule has 0 atom stereocenters. The van der Waals surface area contributed by atoms with Crippen LogP contribution in [0.15, 0.2) is 42.5 Å². The first-order chi connectivity index (χ1) is 10.2. The molecule has 1 aliphatic carbocycles. The number of halogens is 1. The van der Waals surface area contributed by atoms with Crippen molar-refractivity contribution in [1.29, 1.82) is 0 Å². The van der Waals surface area contributed by atoms with Gasteiger partial charge in [0.1, 0.15) is 12.4 Å². The monoisotopic (exact) mass is 393 g/mol. The molecule has 1 saturated carbocycles. The summed E-state index contributed by atoms with van der Waals surface area (Å²) in [6, 6.07) is 15.6. The summed E-state index contributed by atoms with van der Waals surface area (Å²) < 4.78 is 7.36. The van der Waals surface area contributed by atoms with E-state index in [0.29, 0.717) is 6.61 Å². The van der Waals surface area contributed by atoms with Crippen LogP contribution in [0.2, 0.25) is 0 Å². The first-order valence-corrected chi connectivity index (χ1v) is 8.49. The highest BCUT2D eigenvalue weighted by atomic mass is 127. The quantitative estimate of drug-likeness (QED) is 0.734. The lowest BCUT2D eigenvalue weighted by Gasteiger charge is -2.15. The van der Waals surface area contributed by atoms with E-state index in [1.807, 2.05) is 0 Å². The average molecular weight is 393 g/mol. The third kappa shape index (κ3) is 4.20. The smallest absolute Gasteiger partial charge is 0.127 e. The zero-order valence-corrected chi connectivity index (χ0v) is 14.4. The third-order valence-corrected chi connectivity index (χ3v) is 4.47. The Labute approximate surface area is 140 Å².